The van der Waals surface area contributed by atoms with Gasteiger partial charge in [-0.05, 0) is 26.0 Å². The lowest BCUT2D eigenvalue weighted by atomic mass is 10.0. The van der Waals surface area contributed by atoms with Crippen LogP contribution in [0.15, 0.2) is 41.5 Å². The number of halogens is 3. The van der Waals surface area contributed by atoms with Gasteiger partial charge in [0.05, 0.1) is 29.0 Å². The Morgan fingerprint density at radius 3 is 2.69 bits per heavy atom. The maximum atomic E-state index is 14.5. The van der Waals surface area contributed by atoms with Gasteiger partial charge in [-0.3, -0.25) is 9.98 Å². The summed E-state index contributed by atoms with van der Waals surface area (Å²) in [6.45, 7) is 3.86. The van der Waals surface area contributed by atoms with Crippen LogP contribution in [0.25, 0.3) is 17.0 Å². The van der Waals surface area contributed by atoms with E-state index in [4.69, 9.17) is 5.73 Å². The molecule has 0 saturated heterocycles. The maximum absolute atomic E-state index is 14.5. The Morgan fingerprint density at radius 2 is 2.00 bits per heavy atom. The van der Waals surface area contributed by atoms with Crippen LogP contribution in [0, 0.1) is 12.7 Å². The fourth-order valence-electron chi connectivity index (χ4n) is 3.06. The molecule has 0 amide bonds. The van der Waals surface area contributed by atoms with E-state index in [1.165, 1.54) is 12.1 Å². The van der Waals surface area contributed by atoms with Gasteiger partial charge >= 0.3 is 0 Å². The zero-order valence-electron chi connectivity index (χ0n) is 16.4. The number of hydrogen-bond donors (Lipinski definition) is 1. The predicted octanol–water partition coefficient (Wildman–Crippen LogP) is 3.99. The SMILES string of the molecule is Cc1nc(=N[C@H](C)c2cccc(C(F)F)c2F)c2cc(/C=C/CN)ncc2n1C. The van der Waals surface area contributed by atoms with E-state index in [0.717, 1.165) is 17.0 Å². The average molecular weight is 401 g/mol. The molecule has 0 bridgehead atoms. The number of aromatic nitrogens is 3. The zero-order chi connectivity index (χ0) is 21.1. The zero-order valence-corrected chi connectivity index (χ0v) is 16.4. The van der Waals surface area contributed by atoms with E-state index in [9.17, 15) is 13.2 Å². The molecule has 0 aliphatic heterocycles. The van der Waals surface area contributed by atoms with Crippen LogP contribution in [0.4, 0.5) is 13.2 Å². The molecule has 2 aromatic heterocycles. The van der Waals surface area contributed by atoms with Crippen molar-refractivity contribution in [1.29, 1.82) is 0 Å². The van der Waals surface area contributed by atoms with Gasteiger partial charge in [-0.2, -0.15) is 0 Å². The highest BCUT2D eigenvalue weighted by atomic mass is 19.3. The van der Waals surface area contributed by atoms with Crippen LogP contribution in [-0.4, -0.2) is 21.1 Å². The lowest BCUT2D eigenvalue weighted by molar-refractivity contribution is 0.146. The van der Waals surface area contributed by atoms with Gasteiger partial charge in [0.15, 0.2) is 5.49 Å². The van der Waals surface area contributed by atoms with E-state index in [0.29, 0.717) is 23.6 Å². The fourth-order valence-corrected chi connectivity index (χ4v) is 3.06. The van der Waals surface area contributed by atoms with Crippen LogP contribution in [0.1, 0.15) is 42.0 Å². The number of alkyl halides is 2. The van der Waals surface area contributed by atoms with E-state index >= 15 is 0 Å². The van der Waals surface area contributed by atoms with Crippen molar-refractivity contribution in [2.45, 2.75) is 26.3 Å². The van der Waals surface area contributed by atoms with Crippen molar-refractivity contribution >= 4 is 17.0 Å². The van der Waals surface area contributed by atoms with Gasteiger partial charge in [0, 0.05) is 24.5 Å². The smallest absolute Gasteiger partial charge is 0.266 e. The molecule has 2 N–H and O–H groups in total. The van der Waals surface area contributed by atoms with Gasteiger partial charge in [0.25, 0.3) is 6.43 Å². The molecule has 1 atom stereocenters. The number of pyridine rings is 1. The van der Waals surface area contributed by atoms with Crippen molar-refractivity contribution in [3.8, 4) is 0 Å². The van der Waals surface area contributed by atoms with Crippen LogP contribution in [0.5, 0.6) is 0 Å². The summed E-state index contributed by atoms with van der Waals surface area (Å²) in [6.07, 6.45) is 2.39. The lowest BCUT2D eigenvalue weighted by Crippen LogP contribution is -2.18. The summed E-state index contributed by atoms with van der Waals surface area (Å²) in [5.41, 5.74) is 6.85. The first kappa shape index (κ1) is 20.7. The molecule has 5 nitrogen and oxygen atoms in total. The van der Waals surface area contributed by atoms with Crippen LogP contribution in [0.3, 0.4) is 0 Å². The molecule has 0 aliphatic rings. The highest BCUT2D eigenvalue weighted by molar-refractivity contribution is 5.79. The van der Waals surface area contributed by atoms with Crippen LogP contribution < -0.4 is 11.2 Å². The van der Waals surface area contributed by atoms with Crippen LogP contribution in [0.2, 0.25) is 0 Å². The van der Waals surface area contributed by atoms with Gasteiger partial charge < -0.3 is 10.3 Å². The van der Waals surface area contributed by atoms with Crippen LogP contribution >= 0.6 is 0 Å². The summed E-state index contributed by atoms with van der Waals surface area (Å²) in [5.74, 6) is -0.244. The lowest BCUT2D eigenvalue weighted by Gasteiger charge is -2.13. The molecule has 0 spiro atoms. The molecular weight excluding hydrogens is 379 g/mol. The maximum Gasteiger partial charge on any atom is 0.266 e. The van der Waals surface area contributed by atoms with Gasteiger partial charge in [-0.1, -0.05) is 24.3 Å². The standard InChI is InChI=1S/C21H22F3N5/c1-12(15-7-4-8-16(19(15)22)20(23)24)27-21-17-10-14(6-5-9-25)26-11-18(17)29(3)13(2)28-21/h4-8,10-12,20H,9,25H2,1-3H3/b6-5+,27-21?/t12-/m1/s1. The summed E-state index contributed by atoms with van der Waals surface area (Å²) in [7, 11) is 1.86. The van der Waals surface area contributed by atoms with E-state index in [1.54, 1.807) is 25.3 Å². The molecule has 2 heterocycles. The molecule has 0 saturated carbocycles. The fraction of sp³-hybridized carbons (Fsp3) is 0.286. The molecular formula is C21H22F3N5. The topological polar surface area (TPSA) is 69.1 Å². The number of benzene rings is 1. The molecule has 0 unspecified atom stereocenters. The third kappa shape index (κ3) is 4.22. The van der Waals surface area contributed by atoms with E-state index in [2.05, 4.69) is 15.0 Å². The second kappa shape index (κ2) is 8.57. The normalized spacial score (nSPS) is 13.7. The highest BCUT2D eigenvalue weighted by Gasteiger charge is 2.19. The Hall–Kier alpha value is -3.00. The minimum atomic E-state index is -2.89. The van der Waals surface area contributed by atoms with Crippen molar-refractivity contribution in [2.24, 2.45) is 17.8 Å². The molecule has 1 aromatic carbocycles. The Bertz CT molecular complexity index is 1140. The molecule has 0 aliphatic carbocycles. The number of fused-ring (bicyclic) bond motifs is 1. The second-order valence-electron chi connectivity index (χ2n) is 6.66. The van der Waals surface area contributed by atoms with Crippen molar-refractivity contribution in [2.75, 3.05) is 6.54 Å². The Morgan fingerprint density at radius 1 is 1.28 bits per heavy atom. The summed E-state index contributed by atoms with van der Waals surface area (Å²) >= 11 is 0. The van der Waals surface area contributed by atoms with Gasteiger partial charge in [0.2, 0.25) is 0 Å². The molecule has 3 aromatic rings. The van der Waals surface area contributed by atoms with E-state index < -0.39 is 23.8 Å². The monoisotopic (exact) mass is 401 g/mol. The summed E-state index contributed by atoms with van der Waals surface area (Å²) in [5, 5.41) is 0.724. The first-order chi connectivity index (χ1) is 13.8. The number of nitrogens with two attached hydrogens (primary N) is 1. The largest absolute Gasteiger partial charge is 0.331 e. The minimum absolute atomic E-state index is 0.0981. The molecule has 29 heavy (non-hydrogen) atoms. The second-order valence-corrected chi connectivity index (χ2v) is 6.66. The van der Waals surface area contributed by atoms with E-state index in [-0.39, 0.29) is 5.56 Å². The average Bonchev–Trinajstić information content (AvgIpc) is 2.70. The molecule has 8 heteroatoms. The number of nitrogens with zero attached hydrogens (tertiary/aromatic N) is 4. The van der Waals surface area contributed by atoms with E-state index in [1.807, 2.05) is 24.6 Å². The Kier molecular flexibility index (Phi) is 6.12. The Balaban J connectivity index is 2.20. The third-order valence-electron chi connectivity index (χ3n) is 4.74. The van der Waals surface area contributed by atoms with Crippen molar-refractivity contribution < 1.29 is 13.2 Å². The van der Waals surface area contributed by atoms with Crippen molar-refractivity contribution in [1.82, 2.24) is 14.5 Å². The summed E-state index contributed by atoms with van der Waals surface area (Å²) in [6, 6.07) is 5.08. The number of aryl methyl sites for hydroxylation is 2. The van der Waals surface area contributed by atoms with Gasteiger partial charge in [-0.15, -0.1) is 0 Å². The first-order valence-corrected chi connectivity index (χ1v) is 9.13. The number of rotatable bonds is 5. The molecule has 152 valence electrons. The highest BCUT2D eigenvalue weighted by Crippen LogP contribution is 2.28. The summed E-state index contributed by atoms with van der Waals surface area (Å²) < 4.78 is 42.5. The molecule has 0 fully saturated rings. The number of hydrogen-bond acceptors (Lipinski definition) is 4. The quantitative estimate of drug-likeness (QED) is 0.703. The van der Waals surface area contributed by atoms with Crippen molar-refractivity contribution in [3.63, 3.8) is 0 Å². The minimum Gasteiger partial charge on any atom is -0.331 e. The first-order valence-electron chi connectivity index (χ1n) is 9.13. The van der Waals surface area contributed by atoms with Crippen LogP contribution in [-0.2, 0) is 7.05 Å². The molecule has 0 radical (unpaired) electrons. The molecule has 3 rings (SSSR count). The third-order valence-corrected chi connectivity index (χ3v) is 4.74. The van der Waals surface area contributed by atoms with Gasteiger partial charge in [-0.25, -0.2) is 18.2 Å². The Labute approximate surface area is 166 Å². The predicted molar refractivity (Wildman–Crippen MR) is 107 cm³/mol. The van der Waals surface area contributed by atoms with Gasteiger partial charge in [0.1, 0.15) is 11.6 Å². The van der Waals surface area contributed by atoms with Crippen molar-refractivity contribution in [3.05, 3.63) is 70.5 Å². The summed E-state index contributed by atoms with van der Waals surface area (Å²) in [4.78, 5) is 13.5.